The van der Waals surface area contributed by atoms with Gasteiger partial charge in [-0.25, -0.2) is 0 Å². The van der Waals surface area contributed by atoms with E-state index in [2.05, 4.69) is 35.2 Å². The van der Waals surface area contributed by atoms with Crippen LogP contribution >= 0.6 is 0 Å². The molecule has 0 amide bonds. The lowest BCUT2D eigenvalue weighted by Gasteiger charge is -2.31. The third kappa shape index (κ3) is 4.06. The Labute approximate surface area is 188 Å². The number of furan rings is 1. The number of piperidine rings is 1. The molecule has 0 unspecified atom stereocenters. The lowest BCUT2D eigenvalue weighted by molar-refractivity contribution is 0.103. The minimum absolute atomic E-state index is 0.0133. The van der Waals surface area contributed by atoms with Crippen molar-refractivity contribution in [3.8, 4) is 5.75 Å². The SMILES string of the molecule is COc1ccc(C(=O)c2c(C3CCN(Cc4ccccc4)CC3)oc3ccccc23)cc1. The van der Waals surface area contributed by atoms with Gasteiger partial charge >= 0.3 is 0 Å². The number of methoxy groups -OCH3 is 1. The summed E-state index contributed by atoms with van der Waals surface area (Å²) in [5, 5.41) is 0.898. The number of hydrogen-bond acceptors (Lipinski definition) is 4. The molecule has 4 heteroatoms. The number of ether oxygens (including phenoxy) is 1. The molecule has 5 rings (SSSR count). The van der Waals surface area contributed by atoms with Crippen molar-refractivity contribution in [2.45, 2.75) is 25.3 Å². The number of hydrogen-bond donors (Lipinski definition) is 0. The molecule has 32 heavy (non-hydrogen) atoms. The Kier molecular flexibility index (Phi) is 5.78. The van der Waals surface area contributed by atoms with Gasteiger partial charge in [0.25, 0.3) is 0 Å². The van der Waals surface area contributed by atoms with E-state index in [0.29, 0.717) is 11.1 Å². The standard InChI is InChI=1S/C28H27NO3/c1-31-23-13-11-21(12-14-23)27(30)26-24-9-5-6-10-25(24)32-28(26)22-15-17-29(18-16-22)19-20-7-3-2-4-8-20/h2-14,22H,15-19H2,1H3. The van der Waals surface area contributed by atoms with Crippen molar-refractivity contribution in [2.24, 2.45) is 0 Å². The van der Waals surface area contributed by atoms with E-state index in [4.69, 9.17) is 9.15 Å². The van der Waals surface area contributed by atoms with Crippen molar-refractivity contribution >= 4 is 16.8 Å². The fourth-order valence-electron chi connectivity index (χ4n) is 4.67. The Bertz CT molecular complexity index is 1200. The number of carbonyl (C=O) groups excluding carboxylic acids is 1. The van der Waals surface area contributed by atoms with Gasteiger partial charge in [-0.05, 0) is 61.8 Å². The summed E-state index contributed by atoms with van der Waals surface area (Å²) >= 11 is 0. The molecular weight excluding hydrogens is 398 g/mol. The highest BCUT2D eigenvalue weighted by Gasteiger charge is 2.30. The molecule has 1 saturated heterocycles. The van der Waals surface area contributed by atoms with Gasteiger partial charge in [0.15, 0.2) is 5.78 Å². The summed E-state index contributed by atoms with van der Waals surface area (Å²) in [5.74, 6) is 1.84. The number of para-hydroxylation sites is 1. The molecule has 4 nitrogen and oxygen atoms in total. The maximum Gasteiger partial charge on any atom is 0.197 e. The van der Waals surface area contributed by atoms with Crippen LogP contribution in [0.1, 0.15) is 46.0 Å². The monoisotopic (exact) mass is 425 g/mol. The maximum absolute atomic E-state index is 13.6. The van der Waals surface area contributed by atoms with Crippen LogP contribution in [0.5, 0.6) is 5.75 Å². The van der Waals surface area contributed by atoms with Gasteiger partial charge in [0.05, 0.1) is 12.7 Å². The second-order valence-electron chi connectivity index (χ2n) is 8.43. The minimum atomic E-state index is 0.0133. The topological polar surface area (TPSA) is 42.7 Å². The quantitative estimate of drug-likeness (QED) is 0.353. The van der Waals surface area contributed by atoms with Crippen LogP contribution in [0.15, 0.2) is 83.3 Å². The second-order valence-corrected chi connectivity index (χ2v) is 8.43. The van der Waals surface area contributed by atoms with E-state index < -0.39 is 0 Å². The third-order valence-electron chi connectivity index (χ3n) is 6.41. The highest BCUT2D eigenvalue weighted by atomic mass is 16.5. The summed E-state index contributed by atoms with van der Waals surface area (Å²) in [6.45, 7) is 2.95. The van der Waals surface area contributed by atoms with E-state index in [0.717, 1.165) is 55.0 Å². The Morgan fingerprint density at radius 1 is 0.938 bits per heavy atom. The van der Waals surface area contributed by atoms with E-state index in [9.17, 15) is 4.79 Å². The Balaban J connectivity index is 1.41. The zero-order valence-corrected chi connectivity index (χ0v) is 18.3. The van der Waals surface area contributed by atoms with Gasteiger partial charge < -0.3 is 9.15 Å². The molecule has 1 aliphatic heterocycles. The predicted octanol–water partition coefficient (Wildman–Crippen LogP) is 6.05. The van der Waals surface area contributed by atoms with Gasteiger partial charge in [-0.3, -0.25) is 9.69 Å². The highest BCUT2D eigenvalue weighted by molar-refractivity contribution is 6.17. The van der Waals surface area contributed by atoms with E-state index in [1.54, 1.807) is 7.11 Å². The summed E-state index contributed by atoms with van der Waals surface area (Å²) < 4.78 is 11.6. The molecule has 0 spiro atoms. The average Bonchev–Trinajstić information content (AvgIpc) is 3.24. The first-order valence-corrected chi connectivity index (χ1v) is 11.2. The molecule has 4 aromatic rings. The fraction of sp³-hybridized carbons (Fsp3) is 0.250. The molecule has 1 aliphatic rings. The summed E-state index contributed by atoms with van der Waals surface area (Å²) in [5.41, 5.74) is 3.49. The van der Waals surface area contributed by atoms with E-state index in [-0.39, 0.29) is 11.7 Å². The van der Waals surface area contributed by atoms with Crippen LogP contribution in [0.25, 0.3) is 11.0 Å². The lowest BCUT2D eigenvalue weighted by Crippen LogP contribution is -2.32. The number of fused-ring (bicyclic) bond motifs is 1. The molecule has 0 radical (unpaired) electrons. The van der Waals surface area contributed by atoms with Crippen LogP contribution < -0.4 is 4.74 Å². The predicted molar refractivity (Wildman–Crippen MR) is 126 cm³/mol. The van der Waals surface area contributed by atoms with Gasteiger partial charge in [0.2, 0.25) is 0 Å². The normalized spacial score (nSPS) is 15.2. The second kappa shape index (κ2) is 9.01. The minimum Gasteiger partial charge on any atom is -0.497 e. The van der Waals surface area contributed by atoms with E-state index >= 15 is 0 Å². The Morgan fingerprint density at radius 2 is 1.62 bits per heavy atom. The van der Waals surface area contributed by atoms with Gasteiger partial charge in [0.1, 0.15) is 17.1 Å². The number of likely N-dealkylation sites (tertiary alicyclic amines) is 1. The summed E-state index contributed by atoms with van der Waals surface area (Å²) in [7, 11) is 1.63. The zero-order chi connectivity index (χ0) is 21.9. The molecule has 1 aromatic heterocycles. The van der Waals surface area contributed by atoms with Crippen molar-refractivity contribution in [3.05, 3.63) is 101 Å². The van der Waals surface area contributed by atoms with Crippen molar-refractivity contribution in [3.63, 3.8) is 0 Å². The molecule has 0 N–H and O–H groups in total. The Hall–Kier alpha value is -3.37. The number of carbonyl (C=O) groups is 1. The number of ketones is 1. The smallest absolute Gasteiger partial charge is 0.197 e. The van der Waals surface area contributed by atoms with Gasteiger partial charge in [-0.15, -0.1) is 0 Å². The van der Waals surface area contributed by atoms with Crippen LogP contribution in [0.4, 0.5) is 0 Å². The first-order valence-electron chi connectivity index (χ1n) is 11.2. The average molecular weight is 426 g/mol. The van der Waals surface area contributed by atoms with Crippen LogP contribution in [-0.4, -0.2) is 30.9 Å². The molecule has 0 atom stereocenters. The molecule has 162 valence electrons. The van der Waals surface area contributed by atoms with Crippen molar-refractivity contribution in [1.82, 2.24) is 4.90 Å². The zero-order valence-electron chi connectivity index (χ0n) is 18.3. The molecule has 0 saturated carbocycles. The van der Waals surface area contributed by atoms with Crippen LogP contribution in [0.3, 0.4) is 0 Å². The lowest BCUT2D eigenvalue weighted by atomic mass is 9.88. The first-order chi connectivity index (χ1) is 15.7. The van der Waals surface area contributed by atoms with Gasteiger partial charge in [-0.2, -0.15) is 0 Å². The summed E-state index contributed by atoms with van der Waals surface area (Å²) in [4.78, 5) is 16.1. The number of benzene rings is 3. The summed E-state index contributed by atoms with van der Waals surface area (Å²) in [6, 6.07) is 25.8. The Morgan fingerprint density at radius 3 is 2.34 bits per heavy atom. The number of rotatable bonds is 6. The van der Waals surface area contributed by atoms with Crippen molar-refractivity contribution < 1.29 is 13.9 Å². The largest absolute Gasteiger partial charge is 0.497 e. The highest BCUT2D eigenvalue weighted by Crippen LogP contribution is 2.38. The van der Waals surface area contributed by atoms with E-state index in [1.165, 1.54) is 5.56 Å². The molecule has 1 fully saturated rings. The van der Waals surface area contributed by atoms with Crippen LogP contribution in [-0.2, 0) is 6.54 Å². The van der Waals surface area contributed by atoms with Gasteiger partial charge in [-0.1, -0.05) is 48.5 Å². The van der Waals surface area contributed by atoms with Crippen LogP contribution in [0, 0.1) is 0 Å². The molecular formula is C28H27NO3. The van der Waals surface area contributed by atoms with Gasteiger partial charge in [0, 0.05) is 23.4 Å². The third-order valence-corrected chi connectivity index (χ3v) is 6.41. The van der Waals surface area contributed by atoms with E-state index in [1.807, 2.05) is 48.5 Å². The number of nitrogens with zero attached hydrogens (tertiary/aromatic N) is 1. The molecule has 0 aliphatic carbocycles. The molecule has 3 aromatic carbocycles. The summed E-state index contributed by atoms with van der Waals surface area (Å²) in [6.07, 6.45) is 1.96. The maximum atomic E-state index is 13.6. The molecule has 0 bridgehead atoms. The van der Waals surface area contributed by atoms with Crippen molar-refractivity contribution in [1.29, 1.82) is 0 Å². The first kappa shape index (κ1) is 20.5. The van der Waals surface area contributed by atoms with Crippen molar-refractivity contribution in [2.75, 3.05) is 20.2 Å². The van der Waals surface area contributed by atoms with Crippen LogP contribution in [0.2, 0.25) is 0 Å². The molecule has 2 heterocycles. The fourth-order valence-corrected chi connectivity index (χ4v) is 4.67.